The number of halogens is 9. The van der Waals surface area contributed by atoms with Crippen LogP contribution in [-0.2, 0) is 80.1 Å². The van der Waals surface area contributed by atoms with Gasteiger partial charge in [-0.25, -0.2) is 39.5 Å². The Morgan fingerprint density at radius 1 is 0.483 bits per heavy atom. The standard InChI is InChI=1S/C25H22N6O3S.C24H23F4N7O3.C24H24F3N7O3.C24H21F2N5O3S/c1-12-3-4-16(7-15(12)10-26)28-22(33)20-13(2)19(18-9-14-8-17(14)31(18)20)21(32)23(34)29-25(5-6-25)24-30-27-11-35-24;1-11-16(20(36)22(38)32-23(9-24(27,28)10-23)15-8-30-34-33-15)14-4-3-7-35(14)19(11)21(37)31-13-5-6-29-18(12(2)25)17(13)26;1-12-18(20(35)22(37)31-23(10-24(26,27)11-23)17-9-29-33-32-17)16-4-3-7-34(16)19(12)21(36)30-14-5-6-28-15(8-14)13(2)25;1-10-14(25)7-13(8-15(10)26)28-21(33)19-11(2)18(17-6-12-5-16(12)31(17)19)20(32)22(34)29-24(3-4-24)23-30-27-9-35-23/h3-4,7,11,14,17H,5-6,8-9H2,1-2H3,(H,28,33)(H,29,34);5-6,8,12H,3-4,7,9-10H2,1-2H3,(H,32,38)(H,29,31,37)(H,30,33,34);5-6,8-9,13H,3-4,7,10-11H2,1-2H3,(H,31,37)(H,28,30,36)(H,29,32,33);7-9,12,16H,3-6H2,1-2H3,(H,28,33)(H,29,34)/t14-,17-;;;12-,16-/m1..1/s1. The Balaban J connectivity index is 0.000000122. The monoisotopic (exact) mass is 2030 g/mol. The fourth-order valence-electron chi connectivity index (χ4n) is 20.9. The predicted octanol–water partition coefficient (Wildman–Crippen LogP) is 13.2. The summed E-state index contributed by atoms with van der Waals surface area (Å²) in [5, 5.41) is 67.2. The number of rotatable bonds is 26. The molecule has 0 bridgehead atoms. The van der Waals surface area contributed by atoms with Crippen LogP contribution in [0.4, 0.5) is 62.3 Å². The fourth-order valence-corrected chi connectivity index (χ4v) is 22.4. The van der Waals surface area contributed by atoms with Crippen LogP contribution in [0.3, 0.4) is 0 Å². The van der Waals surface area contributed by atoms with Gasteiger partial charge in [0, 0.05) is 109 Å². The molecule has 0 saturated heterocycles. The van der Waals surface area contributed by atoms with Crippen LogP contribution in [0.2, 0.25) is 0 Å². The van der Waals surface area contributed by atoms with Gasteiger partial charge >= 0.3 is 0 Å². The molecule has 37 nitrogen and oxygen atoms in total. The van der Waals surface area contributed by atoms with Crippen LogP contribution >= 0.6 is 22.7 Å². The summed E-state index contributed by atoms with van der Waals surface area (Å²) in [5.74, 6) is -17.0. The van der Waals surface area contributed by atoms with Crippen LogP contribution in [0.5, 0.6) is 0 Å². The normalized spacial score (nSPS) is 19.2. The molecule has 8 amide bonds. The van der Waals surface area contributed by atoms with Gasteiger partial charge in [0.1, 0.15) is 84.9 Å². The maximum absolute atomic E-state index is 14.7. The molecule has 6 saturated carbocycles. The van der Waals surface area contributed by atoms with E-state index >= 15 is 0 Å². The summed E-state index contributed by atoms with van der Waals surface area (Å²) in [6.45, 7) is 12.8. The van der Waals surface area contributed by atoms with Crippen molar-refractivity contribution in [3.05, 3.63) is 241 Å². The number of H-pyrrole nitrogens is 2. The molecule has 4 aliphatic heterocycles. The van der Waals surface area contributed by atoms with Gasteiger partial charge in [-0.3, -0.25) is 67.5 Å². The van der Waals surface area contributed by atoms with Crippen molar-refractivity contribution in [3.8, 4) is 6.07 Å². The van der Waals surface area contributed by atoms with Crippen molar-refractivity contribution in [1.29, 1.82) is 5.26 Å². The van der Waals surface area contributed by atoms with E-state index in [-0.39, 0.29) is 91.3 Å². The van der Waals surface area contributed by atoms with E-state index < -0.39 is 160 Å². The molecular weight excluding hydrogens is 1940 g/mol. The van der Waals surface area contributed by atoms with Gasteiger partial charge in [-0.05, 0) is 215 Å². The number of Topliss-reactive ketones (excluding diaryl/α,β-unsaturated/α-hetero) is 4. The van der Waals surface area contributed by atoms with Crippen LogP contribution < -0.4 is 42.5 Å². The number of aromatic amines is 2. The molecule has 6 atom stereocenters. The van der Waals surface area contributed by atoms with Gasteiger partial charge in [0.2, 0.25) is 0 Å². The number of amides is 8. The quantitative estimate of drug-likeness (QED) is 0.0137. The van der Waals surface area contributed by atoms with Gasteiger partial charge in [0.15, 0.2) is 5.82 Å². The van der Waals surface area contributed by atoms with Gasteiger partial charge in [0.25, 0.3) is 82.2 Å². The number of fused-ring (bicyclic) bond motifs is 8. The Morgan fingerprint density at radius 2 is 0.890 bits per heavy atom. The highest BCUT2D eigenvalue weighted by Crippen LogP contribution is 2.58. The number of anilines is 4. The van der Waals surface area contributed by atoms with E-state index in [1.165, 1.54) is 80.2 Å². The lowest BCUT2D eigenvalue weighted by atomic mass is 9.71. The van der Waals surface area contributed by atoms with Crippen LogP contribution in [-0.4, -0.2) is 162 Å². The highest BCUT2D eigenvalue weighted by molar-refractivity contribution is 7.09. The van der Waals surface area contributed by atoms with Crippen LogP contribution in [0, 0.1) is 82.2 Å². The second kappa shape index (κ2) is 37.1. The summed E-state index contributed by atoms with van der Waals surface area (Å²) in [7, 11) is 0. The number of hydrogen-bond donors (Lipinski definition) is 10. The molecule has 10 aliphatic rings. The molecule has 14 heterocycles. The van der Waals surface area contributed by atoms with Gasteiger partial charge < -0.3 is 60.8 Å². The molecule has 750 valence electrons. The molecule has 6 fully saturated rings. The molecule has 10 aromatic heterocycles. The molecule has 145 heavy (non-hydrogen) atoms. The first-order valence-corrected chi connectivity index (χ1v) is 48.2. The van der Waals surface area contributed by atoms with Crippen LogP contribution in [0.1, 0.15) is 293 Å². The van der Waals surface area contributed by atoms with E-state index in [9.17, 15) is 102 Å². The van der Waals surface area contributed by atoms with Crippen molar-refractivity contribution in [2.75, 3.05) is 21.3 Å². The molecule has 2 unspecified atom stereocenters. The zero-order valence-corrected chi connectivity index (χ0v) is 80.2. The summed E-state index contributed by atoms with van der Waals surface area (Å²) in [4.78, 5) is 166. The SMILES string of the molecule is Cc1c(C(=O)C(=O)NC2(c3cn[nH]n3)CC(F)(F)C2)c2n(c1C(=O)Nc1ccnc(C(C)F)c1)CCC2.Cc1c(C(=O)C(=O)NC2(c3cn[nH]n3)CC(F)(F)C2)c2n(c1C(=O)Nc1ccnc(C(C)F)c1F)CCC2.Cc1c(F)cc(NC(=O)c2c(C)c(C(=O)C(=O)NC3(c4nncs4)CC3)c3n2[C@@H]2C[C@@H]2C3)cc1F.Cc1ccc(NC(=O)c2c(C)c(C(=O)C(=O)NC3(c4nncs4)CC3)c3n2[C@@H]2C[C@@H]2C3)cc1C#N. The molecule has 0 radical (unpaired) electrons. The Hall–Kier alpha value is -15.4. The summed E-state index contributed by atoms with van der Waals surface area (Å²) in [5.41, 5.74) is 5.72. The number of alkyl halides is 6. The van der Waals surface area contributed by atoms with Gasteiger partial charge in [-0.1, -0.05) is 6.07 Å². The Morgan fingerprint density at radius 3 is 1.29 bits per heavy atom. The maximum atomic E-state index is 14.7. The number of nitrogens with one attached hydrogen (secondary N) is 10. The zero-order valence-electron chi connectivity index (χ0n) is 78.6. The second-order valence-electron chi connectivity index (χ2n) is 38.3. The number of hydrogen-bond acceptors (Lipinski definition) is 25. The van der Waals surface area contributed by atoms with Crippen molar-refractivity contribution in [3.63, 3.8) is 0 Å². The Bertz CT molecular complexity index is 7440. The highest BCUT2D eigenvalue weighted by atomic mass is 32.1. The maximum Gasteiger partial charge on any atom is 0.293 e. The van der Waals surface area contributed by atoms with Crippen molar-refractivity contribution >= 4 is 116 Å². The smallest absolute Gasteiger partial charge is 0.293 e. The van der Waals surface area contributed by atoms with E-state index in [0.717, 1.165) is 49.4 Å². The summed E-state index contributed by atoms with van der Waals surface area (Å²) < 4.78 is 132. The van der Waals surface area contributed by atoms with E-state index in [1.807, 2.05) is 16.1 Å². The molecule has 12 aromatic rings. The van der Waals surface area contributed by atoms with Crippen molar-refractivity contribution < 1.29 is 97.0 Å². The minimum Gasteiger partial charge on any atom is -0.340 e. The minimum absolute atomic E-state index is 0.0141. The number of nitrogens with zero attached hydrogens (tertiary/aromatic N) is 15. The molecule has 10 N–H and O–H groups in total. The Kier molecular flexibility index (Phi) is 25.1. The third-order valence-electron chi connectivity index (χ3n) is 28.5. The molecular formula is C97H90F9N25O12S2. The molecule has 6 aliphatic carbocycles. The number of aryl methyl sites for hydroxylation is 1. The zero-order chi connectivity index (χ0) is 103. The number of ketones is 4. The van der Waals surface area contributed by atoms with Crippen molar-refractivity contribution in [2.24, 2.45) is 11.8 Å². The third kappa shape index (κ3) is 18.1. The first-order valence-electron chi connectivity index (χ1n) is 46.5. The third-order valence-corrected chi connectivity index (χ3v) is 30.3. The van der Waals surface area contributed by atoms with E-state index in [1.54, 1.807) is 59.1 Å². The average molecular weight is 2030 g/mol. The van der Waals surface area contributed by atoms with Crippen LogP contribution in [0.25, 0.3) is 0 Å². The van der Waals surface area contributed by atoms with E-state index in [4.69, 9.17) is 0 Å². The van der Waals surface area contributed by atoms with E-state index in [2.05, 4.69) is 110 Å². The summed E-state index contributed by atoms with van der Waals surface area (Å²) in [6.07, 6.45) is 7.04. The lowest BCUT2D eigenvalue weighted by molar-refractivity contribution is -0.149. The number of carbonyl (C=O) groups excluding carboxylic acids is 12. The fraction of sp³-hybridized carbons (Fsp3) is 0.392. The van der Waals surface area contributed by atoms with Gasteiger partial charge in [0.05, 0.1) is 79.8 Å². The number of benzene rings is 2. The summed E-state index contributed by atoms with van der Waals surface area (Å²) >= 11 is 2.68. The first kappa shape index (κ1) is 98.3. The number of aromatic nitrogens is 16. The van der Waals surface area contributed by atoms with Crippen LogP contribution in [0.15, 0.2) is 84.3 Å². The lowest BCUT2D eigenvalue weighted by Gasteiger charge is -2.46. The second-order valence-corrected chi connectivity index (χ2v) is 40.0. The largest absolute Gasteiger partial charge is 0.340 e. The first-order chi connectivity index (χ1) is 69.0. The minimum atomic E-state index is -3.05. The summed E-state index contributed by atoms with van der Waals surface area (Å²) in [6, 6.07) is 13.8. The van der Waals surface area contributed by atoms with Crippen molar-refractivity contribution in [2.45, 2.75) is 230 Å². The number of nitriles is 1. The number of carbonyl (C=O) groups is 12. The molecule has 2 aromatic carbocycles. The predicted molar refractivity (Wildman–Crippen MR) is 497 cm³/mol. The topological polar surface area (TPSA) is 505 Å². The number of pyridine rings is 2. The van der Waals surface area contributed by atoms with Crippen molar-refractivity contribution in [1.82, 2.24) is 101 Å². The average Bonchev–Trinajstić information content (AvgIpc) is 1.53. The molecule has 0 spiro atoms. The van der Waals surface area contributed by atoms with Gasteiger partial charge in [-0.15, -0.1) is 43.1 Å². The lowest BCUT2D eigenvalue weighted by Crippen LogP contribution is -2.61. The molecule has 48 heteroatoms. The van der Waals surface area contributed by atoms with Gasteiger partial charge in [-0.2, -0.15) is 36.1 Å². The highest BCUT2D eigenvalue weighted by Gasteiger charge is 2.63. The van der Waals surface area contributed by atoms with E-state index in [0.29, 0.717) is 161 Å². The molecule has 22 rings (SSSR count). The Labute approximate surface area is 824 Å².